The van der Waals surface area contributed by atoms with Crippen molar-refractivity contribution in [3.05, 3.63) is 42.0 Å². The fraction of sp³-hybridized carbons (Fsp3) is 0.267. The Morgan fingerprint density at radius 3 is 2.48 bits per heavy atom. The van der Waals surface area contributed by atoms with Gasteiger partial charge in [0.25, 0.3) is 0 Å². The predicted octanol–water partition coefficient (Wildman–Crippen LogP) is 3.70. The Hall–Kier alpha value is -2.26. The van der Waals surface area contributed by atoms with E-state index in [2.05, 4.69) is 16.1 Å². The van der Waals surface area contributed by atoms with Crippen LogP contribution in [0.25, 0.3) is 10.8 Å². The first-order valence-electron chi connectivity index (χ1n) is 6.31. The number of nitrogens with zero attached hydrogens (tertiary/aromatic N) is 1. The molecule has 2 rings (SSSR count). The van der Waals surface area contributed by atoms with Gasteiger partial charge in [0.15, 0.2) is 0 Å². The van der Waals surface area contributed by atoms with Gasteiger partial charge in [0.05, 0.1) is 18.2 Å². The van der Waals surface area contributed by atoms with Crippen LogP contribution in [0, 0.1) is 11.3 Å². The summed E-state index contributed by atoms with van der Waals surface area (Å²) in [6.07, 6.45) is -4.30. The minimum atomic E-state index is -4.30. The maximum atomic E-state index is 11.9. The summed E-state index contributed by atoms with van der Waals surface area (Å²) in [6.45, 7) is -1.04. The zero-order valence-electron chi connectivity index (χ0n) is 11.1. The molecule has 0 aliphatic rings. The molecule has 0 unspecified atom stereocenters. The highest BCUT2D eigenvalue weighted by atomic mass is 19.4. The van der Waals surface area contributed by atoms with Crippen LogP contribution in [0.2, 0.25) is 0 Å². The van der Waals surface area contributed by atoms with E-state index in [9.17, 15) is 13.2 Å². The Bertz CT molecular complexity index is 662. The zero-order valence-corrected chi connectivity index (χ0v) is 11.1. The lowest BCUT2D eigenvalue weighted by molar-refractivity contribution is -0.172. The van der Waals surface area contributed by atoms with Crippen LogP contribution in [0.1, 0.15) is 5.56 Å². The number of hydrogen-bond donors (Lipinski definition) is 1. The van der Waals surface area contributed by atoms with E-state index < -0.39 is 12.8 Å². The number of anilines is 1. The average Bonchev–Trinajstić information content (AvgIpc) is 2.45. The molecule has 0 aliphatic carbocycles. The second kappa shape index (κ2) is 6.46. The molecule has 0 amide bonds. The Morgan fingerprint density at radius 2 is 1.81 bits per heavy atom. The first kappa shape index (κ1) is 15.1. The summed E-state index contributed by atoms with van der Waals surface area (Å²) in [5.74, 6) is 0. The van der Waals surface area contributed by atoms with E-state index in [1.54, 1.807) is 12.1 Å². The number of benzene rings is 2. The molecule has 1 N–H and O–H groups in total. The minimum absolute atomic E-state index is 0.0478. The third kappa shape index (κ3) is 4.10. The van der Waals surface area contributed by atoms with Crippen molar-refractivity contribution in [2.75, 3.05) is 25.1 Å². The predicted molar refractivity (Wildman–Crippen MR) is 74.0 cm³/mol. The second-order valence-corrected chi connectivity index (χ2v) is 4.41. The van der Waals surface area contributed by atoms with Gasteiger partial charge in [-0.1, -0.05) is 24.3 Å². The first-order chi connectivity index (χ1) is 10.0. The summed E-state index contributed by atoms with van der Waals surface area (Å²) in [5.41, 5.74) is 1.32. The summed E-state index contributed by atoms with van der Waals surface area (Å²) in [6, 6.07) is 12.9. The highest BCUT2D eigenvalue weighted by Gasteiger charge is 2.27. The SMILES string of the molecule is N#Cc1ccc(NCCOCC(F)(F)F)c2ccccc12. The van der Waals surface area contributed by atoms with Gasteiger partial charge in [-0.05, 0) is 12.1 Å². The zero-order chi connectivity index (χ0) is 15.3. The Balaban J connectivity index is 2.02. The fourth-order valence-corrected chi connectivity index (χ4v) is 2.00. The molecule has 0 aromatic heterocycles. The summed E-state index contributed by atoms with van der Waals surface area (Å²) < 4.78 is 40.3. The van der Waals surface area contributed by atoms with E-state index >= 15 is 0 Å². The highest BCUT2D eigenvalue weighted by Crippen LogP contribution is 2.26. The first-order valence-corrected chi connectivity index (χ1v) is 6.31. The molecule has 3 nitrogen and oxygen atoms in total. The third-order valence-electron chi connectivity index (χ3n) is 2.87. The van der Waals surface area contributed by atoms with Gasteiger partial charge in [-0.2, -0.15) is 18.4 Å². The van der Waals surface area contributed by atoms with E-state index in [0.717, 1.165) is 16.5 Å². The highest BCUT2D eigenvalue weighted by molar-refractivity contribution is 5.97. The number of nitriles is 1. The van der Waals surface area contributed by atoms with Crippen molar-refractivity contribution in [2.24, 2.45) is 0 Å². The van der Waals surface area contributed by atoms with E-state index in [0.29, 0.717) is 5.56 Å². The van der Waals surface area contributed by atoms with Crippen molar-refractivity contribution in [1.29, 1.82) is 5.26 Å². The van der Waals surface area contributed by atoms with Gasteiger partial charge >= 0.3 is 6.18 Å². The molecule has 0 heterocycles. The average molecular weight is 294 g/mol. The van der Waals surface area contributed by atoms with Gasteiger partial charge in [-0.25, -0.2) is 0 Å². The van der Waals surface area contributed by atoms with Crippen molar-refractivity contribution in [3.63, 3.8) is 0 Å². The van der Waals surface area contributed by atoms with Crippen molar-refractivity contribution in [2.45, 2.75) is 6.18 Å². The molecule has 0 radical (unpaired) electrons. The number of rotatable bonds is 5. The van der Waals surface area contributed by atoms with Gasteiger partial charge < -0.3 is 10.1 Å². The van der Waals surface area contributed by atoms with Crippen LogP contribution in [-0.4, -0.2) is 25.9 Å². The number of hydrogen-bond acceptors (Lipinski definition) is 3. The lowest BCUT2D eigenvalue weighted by Gasteiger charge is -2.12. The number of halogens is 3. The van der Waals surface area contributed by atoms with Crippen molar-refractivity contribution in [3.8, 4) is 6.07 Å². The fourth-order valence-electron chi connectivity index (χ4n) is 2.00. The Morgan fingerprint density at radius 1 is 1.10 bits per heavy atom. The van der Waals surface area contributed by atoms with E-state index in [4.69, 9.17) is 5.26 Å². The van der Waals surface area contributed by atoms with Crippen molar-refractivity contribution < 1.29 is 17.9 Å². The molecular formula is C15H13F3N2O. The van der Waals surface area contributed by atoms with Gasteiger partial charge in [-0.15, -0.1) is 0 Å². The molecule has 0 fully saturated rings. The summed E-state index contributed by atoms with van der Waals surface area (Å²) in [7, 11) is 0. The van der Waals surface area contributed by atoms with Crippen LogP contribution in [-0.2, 0) is 4.74 Å². The molecule has 0 aliphatic heterocycles. The van der Waals surface area contributed by atoms with Gasteiger partial charge in [0, 0.05) is 23.0 Å². The maximum absolute atomic E-state index is 11.9. The largest absolute Gasteiger partial charge is 0.411 e. The van der Waals surface area contributed by atoms with Crippen LogP contribution < -0.4 is 5.32 Å². The molecule has 21 heavy (non-hydrogen) atoms. The van der Waals surface area contributed by atoms with Crippen LogP contribution in [0.3, 0.4) is 0 Å². The quantitative estimate of drug-likeness (QED) is 0.855. The second-order valence-electron chi connectivity index (χ2n) is 4.41. The smallest absolute Gasteiger partial charge is 0.382 e. The molecule has 0 saturated heterocycles. The van der Waals surface area contributed by atoms with E-state index in [1.165, 1.54) is 0 Å². The summed E-state index contributed by atoms with van der Waals surface area (Å²) in [4.78, 5) is 0. The number of fused-ring (bicyclic) bond motifs is 1. The third-order valence-corrected chi connectivity index (χ3v) is 2.87. The molecule has 0 spiro atoms. The van der Waals surface area contributed by atoms with Gasteiger partial charge in [-0.3, -0.25) is 0 Å². The number of nitrogens with one attached hydrogen (secondary N) is 1. The molecule has 6 heteroatoms. The monoisotopic (exact) mass is 294 g/mol. The lowest BCUT2D eigenvalue weighted by atomic mass is 10.0. The maximum Gasteiger partial charge on any atom is 0.411 e. The minimum Gasteiger partial charge on any atom is -0.382 e. The summed E-state index contributed by atoms with van der Waals surface area (Å²) in [5, 5.41) is 13.7. The molecule has 2 aromatic carbocycles. The van der Waals surface area contributed by atoms with Crippen LogP contribution in [0.5, 0.6) is 0 Å². The summed E-state index contributed by atoms with van der Waals surface area (Å²) >= 11 is 0. The topological polar surface area (TPSA) is 45.0 Å². The van der Waals surface area contributed by atoms with Gasteiger partial charge in [0.2, 0.25) is 0 Å². The van der Waals surface area contributed by atoms with E-state index in [-0.39, 0.29) is 13.2 Å². The molecule has 0 atom stereocenters. The van der Waals surface area contributed by atoms with Crippen LogP contribution >= 0.6 is 0 Å². The van der Waals surface area contributed by atoms with Crippen LogP contribution in [0.15, 0.2) is 36.4 Å². The lowest BCUT2D eigenvalue weighted by Crippen LogP contribution is -2.20. The molecule has 0 saturated carbocycles. The van der Waals surface area contributed by atoms with Crippen LogP contribution in [0.4, 0.5) is 18.9 Å². The molecule has 2 aromatic rings. The normalized spacial score (nSPS) is 11.3. The van der Waals surface area contributed by atoms with Crippen molar-refractivity contribution in [1.82, 2.24) is 0 Å². The number of alkyl halides is 3. The molecule has 0 bridgehead atoms. The Labute approximate surface area is 119 Å². The van der Waals surface area contributed by atoms with Gasteiger partial charge in [0.1, 0.15) is 6.61 Å². The molecular weight excluding hydrogens is 281 g/mol. The van der Waals surface area contributed by atoms with E-state index in [1.807, 2.05) is 24.3 Å². The van der Waals surface area contributed by atoms with Crippen molar-refractivity contribution >= 4 is 16.5 Å². The standard InChI is InChI=1S/C15H13F3N2O/c16-15(17,18)10-21-8-7-20-14-6-5-11(9-19)12-3-1-2-4-13(12)14/h1-6,20H,7-8,10H2. The Kier molecular flexibility index (Phi) is 4.66. The number of ether oxygens (including phenoxy) is 1. The molecule has 110 valence electrons.